The topological polar surface area (TPSA) is 98.3 Å². The standard InChI is InChI=1S/C13H14N4O3S/c1-16-7-11(15-8-16)13(18)17-5-4-9-6-10(21(14,19)20)2-3-12(9)17/h2-3,6-8H,4-5H2,1H3,(H2,14,19,20). The lowest BCUT2D eigenvalue weighted by Gasteiger charge is -2.16. The van der Waals surface area contributed by atoms with E-state index >= 15 is 0 Å². The fourth-order valence-electron chi connectivity index (χ4n) is 2.43. The van der Waals surface area contributed by atoms with Gasteiger partial charge in [-0.1, -0.05) is 0 Å². The molecule has 0 saturated carbocycles. The zero-order valence-corrected chi connectivity index (χ0v) is 12.2. The summed E-state index contributed by atoms with van der Waals surface area (Å²) in [5, 5.41) is 5.12. The van der Waals surface area contributed by atoms with E-state index in [1.807, 2.05) is 0 Å². The number of aromatic nitrogens is 2. The van der Waals surface area contributed by atoms with E-state index in [0.717, 1.165) is 5.56 Å². The highest BCUT2D eigenvalue weighted by molar-refractivity contribution is 7.89. The molecular formula is C13H14N4O3S. The first-order valence-electron chi connectivity index (χ1n) is 6.32. The lowest BCUT2D eigenvalue weighted by molar-refractivity contribution is 0.0985. The fraction of sp³-hybridized carbons (Fsp3) is 0.231. The first-order valence-corrected chi connectivity index (χ1v) is 7.86. The zero-order chi connectivity index (χ0) is 15.2. The molecule has 2 N–H and O–H groups in total. The lowest BCUT2D eigenvalue weighted by atomic mass is 10.2. The van der Waals surface area contributed by atoms with Crippen molar-refractivity contribution in [1.29, 1.82) is 0 Å². The third-order valence-corrected chi connectivity index (χ3v) is 4.36. The van der Waals surface area contributed by atoms with Crippen molar-refractivity contribution in [3.05, 3.63) is 42.0 Å². The van der Waals surface area contributed by atoms with Gasteiger partial charge in [0.1, 0.15) is 5.69 Å². The number of sulfonamides is 1. The van der Waals surface area contributed by atoms with Gasteiger partial charge in [0.25, 0.3) is 5.91 Å². The highest BCUT2D eigenvalue weighted by Crippen LogP contribution is 2.30. The van der Waals surface area contributed by atoms with Gasteiger partial charge >= 0.3 is 0 Å². The number of imidazole rings is 1. The van der Waals surface area contributed by atoms with Crippen LogP contribution in [0.15, 0.2) is 35.6 Å². The summed E-state index contributed by atoms with van der Waals surface area (Å²) in [7, 11) is -1.94. The van der Waals surface area contributed by atoms with Crippen molar-refractivity contribution >= 4 is 21.6 Å². The van der Waals surface area contributed by atoms with E-state index in [1.165, 1.54) is 12.1 Å². The summed E-state index contributed by atoms with van der Waals surface area (Å²) in [5.74, 6) is -0.197. The summed E-state index contributed by atoms with van der Waals surface area (Å²) < 4.78 is 24.4. The van der Waals surface area contributed by atoms with E-state index in [4.69, 9.17) is 5.14 Å². The van der Waals surface area contributed by atoms with Gasteiger partial charge in [0.2, 0.25) is 10.0 Å². The van der Waals surface area contributed by atoms with Crippen molar-refractivity contribution in [3.63, 3.8) is 0 Å². The minimum atomic E-state index is -3.73. The molecule has 8 heteroatoms. The summed E-state index contributed by atoms with van der Waals surface area (Å²) in [6, 6.07) is 4.55. The van der Waals surface area contributed by atoms with Crippen LogP contribution in [0, 0.1) is 0 Å². The number of amides is 1. The molecule has 1 aliphatic rings. The lowest BCUT2D eigenvalue weighted by Crippen LogP contribution is -2.29. The molecule has 0 saturated heterocycles. The summed E-state index contributed by atoms with van der Waals surface area (Å²) in [4.78, 5) is 18.1. The molecule has 1 aromatic carbocycles. The van der Waals surface area contributed by atoms with Gasteiger partial charge in [0, 0.05) is 25.5 Å². The normalized spacial score (nSPS) is 14.3. The van der Waals surface area contributed by atoms with Gasteiger partial charge in [0.05, 0.1) is 11.2 Å². The number of aryl methyl sites for hydroxylation is 1. The molecule has 2 heterocycles. The molecule has 1 amide bonds. The highest BCUT2D eigenvalue weighted by Gasteiger charge is 2.27. The highest BCUT2D eigenvalue weighted by atomic mass is 32.2. The Morgan fingerprint density at radius 1 is 1.38 bits per heavy atom. The van der Waals surface area contributed by atoms with Crippen LogP contribution < -0.4 is 10.0 Å². The second-order valence-corrected chi connectivity index (χ2v) is 6.53. The third kappa shape index (κ3) is 2.43. The first kappa shape index (κ1) is 13.8. The molecule has 0 radical (unpaired) electrons. The van der Waals surface area contributed by atoms with Crippen LogP contribution in [0.5, 0.6) is 0 Å². The monoisotopic (exact) mass is 306 g/mol. The van der Waals surface area contributed by atoms with E-state index in [-0.39, 0.29) is 10.8 Å². The Balaban J connectivity index is 1.96. The minimum Gasteiger partial charge on any atom is -0.340 e. The molecule has 0 fully saturated rings. The number of carbonyl (C=O) groups excluding carboxylic acids is 1. The Kier molecular flexibility index (Phi) is 3.07. The molecule has 3 rings (SSSR count). The Bertz CT molecular complexity index is 826. The van der Waals surface area contributed by atoms with Crippen LogP contribution in [0.3, 0.4) is 0 Å². The SMILES string of the molecule is Cn1cnc(C(=O)N2CCc3cc(S(N)(=O)=O)ccc32)c1. The number of nitrogens with zero attached hydrogens (tertiary/aromatic N) is 3. The predicted octanol–water partition coefficient (Wildman–Crippen LogP) is 0.270. The van der Waals surface area contributed by atoms with Crippen molar-refractivity contribution in [2.24, 2.45) is 12.2 Å². The van der Waals surface area contributed by atoms with Crippen LogP contribution in [0.4, 0.5) is 5.69 Å². The second-order valence-electron chi connectivity index (χ2n) is 4.97. The van der Waals surface area contributed by atoms with E-state index in [1.54, 1.807) is 35.1 Å². The number of carbonyl (C=O) groups is 1. The van der Waals surface area contributed by atoms with Gasteiger partial charge in [-0.2, -0.15) is 0 Å². The summed E-state index contributed by atoms with van der Waals surface area (Å²) in [6.45, 7) is 0.499. The largest absolute Gasteiger partial charge is 0.340 e. The van der Waals surface area contributed by atoms with Gasteiger partial charge in [-0.05, 0) is 30.2 Å². The molecule has 0 aliphatic carbocycles. The molecular weight excluding hydrogens is 292 g/mol. The number of nitrogens with two attached hydrogens (primary N) is 1. The summed E-state index contributed by atoms with van der Waals surface area (Å²) in [6.07, 6.45) is 3.81. The average molecular weight is 306 g/mol. The summed E-state index contributed by atoms with van der Waals surface area (Å²) >= 11 is 0. The molecule has 0 unspecified atom stereocenters. The van der Waals surface area contributed by atoms with E-state index < -0.39 is 10.0 Å². The number of fused-ring (bicyclic) bond motifs is 1. The number of rotatable bonds is 2. The van der Waals surface area contributed by atoms with Gasteiger partial charge in [-0.25, -0.2) is 18.5 Å². The van der Waals surface area contributed by atoms with Crippen molar-refractivity contribution < 1.29 is 13.2 Å². The molecule has 0 spiro atoms. The number of hydrogen-bond donors (Lipinski definition) is 1. The second kappa shape index (κ2) is 4.68. The smallest absolute Gasteiger partial charge is 0.278 e. The molecule has 0 bridgehead atoms. The number of anilines is 1. The quantitative estimate of drug-likeness (QED) is 0.861. The van der Waals surface area contributed by atoms with Crippen LogP contribution in [-0.4, -0.2) is 30.4 Å². The van der Waals surface area contributed by atoms with Gasteiger partial charge in [0.15, 0.2) is 0 Å². The number of primary sulfonamides is 1. The Morgan fingerprint density at radius 2 is 2.14 bits per heavy atom. The molecule has 7 nitrogen and oxygen atoms in total. The van der Waals surface area contributed by atoms with Crippen LogP contribution >= 0.6 is 0 Å². The molecule has 2 aromatic rings. The average Bonchev–Trinajstić information content (AvgIpc) is 3.02. The molecule has 0 atom stereocenters. The fourth-order valence-corrected chi connectivity index (χ4v) is 2.99. The predicted molar refractivity (Wildman–Crippen MR) is 76.4 cm³/mol. The van der Waals surface area contributed by atoms with E-state index in [0.29, 0.717) is 24.3 Å². The number of benzene rings is 1. The van der Waals surface area contributed by atoms with Crippen molar-refractivity contribution in [1.82, 2.24) is 9.55 Å². The Hall–Kier alpha value is -2.19. The molecule has 21 heavy (non-hydrogen) atoms. The minimum absolute atomic E-state index is 0.0633. The van der Waals surface area contributed by atoms with Gasteiger partial charge in [-0.15, -0.1) is 0 Å². The Labute approximate surface area is 122 Å². The third-order valence-electron chi connectivity index (χ3n) is 3.44. The van der Waals surface area contributed by atoms with Crippen molar-refractivity contribution in [3.8, 4) is 0 Å². The van der Waals surface area contributed by atoms with Crippen LogP contribution in [0.25, 0.3) is 0 Å². The van der Waals surface area contributed by atoms with Crippen LogP contribution in [0.1, 0.15) is 16.1 Å². The summed E-state index contributed by atoms with van der Waals surface area (Å²) in [5.41, 5.74) is 1.87. The maximum Gasteiger partial charge on any atom is 0.278 e. The maximum absolute atomic E-state index is 12.4. The number of hydrogen-bond acceptors (Lipinski definition) is 4. The maximum atomic E-state index is 12.4. The van der Waals surface area contributed by atoms with E-state index in [9.17, 15) is 13.2 Å². The van der Waals surface area contributed by atoms with Gasteiger partial charge in [-0.3, -0.25) is 4.79 Å². The zero-order valence-electron chi connectivity index (χ0n) is 11.4. The van der Waals surface area contributed by atoms with Crippen LogP contribution in [-0.2, 0) is 23.5 Å². The first-order chi connectivity index (χ1) is 9.86. The van der Waals surface area contributed by atoms with Crippen molar-refractivity contribution in [2.45, 2.75) is 11.3 Å². The van der Waals surface area contributed by atoms with Crippen molar-refractivity contribution in [2.75, 3.05) is 11.4 Å². The molecule has 1 aromatic heterocycles. The van der Waals surface area contributed by atoms with Crippen LogP contribution in [0.2, 0.25) is 0 Å². The molecule has 1 aliphatic heterocycles. The van der Waals surface area contributed by atoms with E-state index in [2.05, 4.69) is 4.98 Å². The van der Waals surface area contributed by atoms with Gasteiger partial charge < -0.3 is 9.47 Å². The molecule has 110 valence electrons. The Morgan fingerprint density at radius 3 is 2.76 bits per heavy atom.